The average molecular weight is 237 g/mol. The summed E-state index contributed by atoms with van der Waals surface area (Å²) in [7, 11) is 0. The fraction of sp³-hybridized carbons (Fsp3) is 0.308. The molecule has 0 aliphatic rings. The first kappa shape index (κ1) is 12.8. The quantitative estimate of drug-likeness (QED) is 0.851. The Balaban J connectivity index is 0.00000128. The lowest BCUT2D eigenvalue weighted by Crippen LogP contribution is -1.98. The van der Waals surface area contributed by atoms with Crippen molar-refractivity contribution in [3.63, 3.8) is 0 Å². The largest absolute Gasteiger partial charge is 0.348 e. The van der Waals surface area contributed by atoms with Crippen molar-refractivity contribution in [2.45, 2.75) is 27.2 Å². The number of imidazole rings is 1. The summed E-state index contributed by atoms with van der Waals surface area (Å²) < 4.78 is 0. The number of H-pyrrole nitrogens is 1. The molecule has 0 atom stereocenters. The van der Waals surface area contributed by atoms with Crippen LogP contribution in [0.25, 0.3) is 0 Å². The monoisotopic (exact) mass is 236 g/mol. The second kappa shape index (κ2) is 5.17. The average Bonchev–Trinajstić information content (AvgIpc) is 2.63. The molecule has 2 nitrogen and oxygen atoms in total. The smallest absolute Gasteiger partial charge is 0.110 e. The Bertz CT molecular complexity index is 438. The highest BCUT2D eigenvalue weighted by Crippen LogP contribution is 2.18. The Kier molecular flexibility index (Phi) is 4.13. The van der Waals surface area contributed by atoms with Gasteiger partial charge in [0.25, 0.3) is 0 Å². The van der Waals surface area contributed by atoms with Crippen LogP contribution in [0.3, 0.4) is 0 Å². The Hall–Kier alpha value is -1.28. The van der Waals surface area contributed by atoms with Gasteiger partial charge in [-0.1, -0.05) is 17.7 Å². The SMILES string of the molecule is Cc1cc(C)c(Cc2ncc[nH]2)c(C)c1.Cl. The Morgan fingerprint density at radius 1 is 1.12 bits per heavy atom. The first-order valence-corrected chi connectivity index (χ1v) is 5.22. The van der Waals surface area contributed by atoms with Crippen LogP contribution in [0.4, 0.5) is 0 Å². The maximum atomic E-state index is 4.26. The molecule has 0 aliphatic carbocycles. The maximum Gasteiger partial charge on any atom is 0.110 e. The molecule has 16 heavy (non-hydrogen) atoms. The number of nitrogens with one attached hydrogen (secondary N) is 1. The molecule has 86 valence electrons. The van der Waals surface area contributed by atoms with E-state index in [1.165, 1.54) is 22.3 Å². The topological polar surface area (TPSA) is 28.7 Å². The van der Waals surface area contributed by atoms with Gasteiger partial charge < -0.3 is 4.98 Å². The molecule has 0 amide bonds. The van der Waals surface area contributed by atoms with Gasteiger partial charge >= 0.3 is 0 Å². The zero-order chi connectivity index (χ0) is 10.8. The molecule has 2 rings (SSSR count). The Morgan fingerprint density at radius 3 is 2.25 bits per heavy atom. The number of halogens is 1. The van der Waals surface area contributed by atoms with Crippen molar-refractivity contribution in [1.29, 1.82) is 0 Å². The molecule has 1 aromatic heterocycles. The molecule has 0 spiro atoms. The molecular formula is C13H17ClN2. The van der Waals surface area contributed by atoms with Crippen LogP contribution in [0, 0.1) is 20.8 Å². The van der Waals surface area contributed by atoms with E-state index in [0.717, 1.165) is 12.2 Å². The van der Waals surface area contributed by atoms with Gasteiger partial charge in [-0.15, -0.1) is 12.4 Å². The van der Waals surface area contributed by atoms with Gasteiger partial charge in [0, 0.05) is 18.8 Å². The molecule has 1 heterocycles. The summed E-state index contributed by atoms with van der Waals surface area (Å²) in [6.07, 6.45) is 4.56. The maximum absolute atomic E-state index is 4.26. The number of aromatic amines is 1. The van der Waals surface area contributed by atoms with Gasteiger partial charge in [0.2, 0.25) is 0 Å². The lowest BCUT2D eigenvalue weighted by atomic mass is 9.97. The number of hydrogen-bond acceptors (Lipinski definition) is 1. The number of nitrogens with zero attached hydrogens (tertiary/aromatic N) is 1. The molecule has 1 aromatic carbocycles. The van der Waals surface area contributed by atoms with Crippen molar-refractivity contribution >= 4 is 12.4 Å². The van der Waals surface area contributed by atoms with Gasteiger partial charge in [0.15, 0.2) is 0 Å². The van der Waals surface area contributed by atoms with Gasteiger partial charge in [-0.25, -0.2) is 4.98 Å². The fourth-order valence-corrected chi connectivity index (χ4v) is 2.05. The highest BCUT2D eigenvalue weighted by atomic mass is 35.5. The van der Waals surface area contributed by atoms with Crippen molar-refractivity contribution in [1.82, 2.24) is 9.97 Å². The van der Waals surface area contributed by atoms with E-state index in [1.54, 1.807) is 6.20 Å². The second-order valence-corrected chi connectivity index (χ2v) is 4.09. The van der Waals surface area contributed by atoms with E-state index in [0.29, 0.717) is 0 Å². The summed E-state index contributed by atoms with van der Waals surface area (Å²) in [5, 5.41) is 0. The summed E-state index contributed by atoms with van der Waals surface area (Å²) in [5.41, 5.74) is 5.41. The Labute approximate surface area is 103 Å². The minimum atomic E-state index is 0. The van der Waals surface area contributed by atoms with Gasteiger partial charge in [-0.2, -0.15) is 0 Å². The van der Waals surface area contributed by atoms with Crippen molar-refractivity contribution < 1.29 is 0 Å². The Morgan fingerprint density at radius 2 is 1.75 bits per heavy atom. The van der Waals surface area contributed by atoms with E-state index in [9.17, 15) is 0 Å². The predicted molar refractivity (Wildman–Crippen MR) is 69.3 cm³/mol. The third-order valence-corrected chi connectivity index (χ3v) is 2.74. The van der Waals surface area contributed by atoms with Crippen LogP contribution in [0.15, 0.2) is 24.5 Å². The summed E-state index contributed by atoms with van der Waals surface area (Å²) >= 11 is 0. The third kappa shape index (κ3) is 2.64. The molecule has 0 fully saturated rings. The standard InChI is InChI=1S/C13H16N2.ClH/c1-9-6-10(2)12(11(3)7-9)8-13-14-4-5-15-13;/h4-7H,8H2,1-3H3,(H,14,15);1H. The van der Waals surface area contributed by atoms with Crippen molar-refractivity contribution in [3.8, 4) is 0 Å². The van der Waals surface area contributed by atoms with Gasteiger partial charge in [-0.3, -0.25) is 0 Å². The molecule has 0 saturated heterocycles. The first-order valence-electron chi connectivity index (χ1n) is 5.22. The van der Waals surface area contributed by atoms with Gasteiger partial charge in [-0.05, 0) is 37.5 Å². The zero-order valence-corrected chi connectivity index (χ0v) is 10.7. The van der Waals surface area contributed by atoms with Crippen LogP contribution in [-0.2, 0) is 6.42 Å². The number of hydrogen-bond donors (Lipinski definition) is 1. The molecule has 0 bridgehead atoms. The predicted octanol–water partition coefficient (Wildman–Crippen LogP) is 3.35. The summed E-state index contributed by atoms with van der Waals surface area (Å²) in [5.74, 6) is 1.03. The molecule has 0 radical (unpaired) electrons. The van der Waals surface area contributed by atoms with Crippen LogP contribution >= 0.6 is 12.4 Å². The summed E-state index contributed by atoms with van der Waals surface area (Å²) in [6.45, 7) is 6.47. The van der Waals surface area contributed by atoms with E-state index >= 15 is 0 Å². The van der Waals surface area contributed by atoms with Gasteiger partial charge in [0.1, 0.15) is 5.82 Å². The molecular weight excluding hydrogens is 220 g/mol. The lowest BCUT2D eigenvalue weighted by molar-refractivity contribution is 0.999. The summed E-state index contributed by atoms with van der Waals surface area (Å²) in [4.78, 5) is 7.40. The van der Waals surface area contributed by atoms with Gasteiger partial charge in [0.05, 0.1) is 0 Å². The van der Waals surface area contributed by atoms with Crippen LogP contribution in [-0.4, -0.2) is 9.97 Å². The second-order valence-electron chi connectivity index (χ2n) is 4.09. The highest BCUT2D eigenvalue weighted by Gasteiger charge is 2.05. The number of rotatable bonds is 2. The minimum Gasteiger partial charge on any atom is -0.348 e. The van der Waals surface area contributed by atoms with E-state index in [1.807, 2.05) is 6.20 Å². The van der Waals surface area contributed by atoms with E-state index < -0.39 is 0 Å². The van der Waals surface area contributed by atoms with Crippen LogP contribution < -0.4 is 0 Å². The highest BCUT2D eigenvalue weighted by molar-refractivity contribution is 5.85. The van der Waals surface area contributed by atoms with Crippen molar-refractivity contribution in [3.05, 3.63) is 52.6 Å². The van der Waals surface area contributed by atoms with E-state index in [2.05, 4.69) is 42.9 Å². The van der Waals surface area contributed by atoms with Crippen LogP contribution in [0.1, 0.15) is 28.1 Å². The molecule has 0 saturated carbocycles. The molecule has 1 N–H and O–H groups in total. The fourth-order valence-electron chi connectivity index (χ4n) is 2.05. The third-order valence-electron chi connectivity index (χ3n) is 2.74. The van der Waals surface area contributed by atoms with Crippen molar-refractivity contribution in [2.24, 2.45) is 0 Å². The van der Waals surface area contributed by atoms with Crippen molar-refractivity contribution in [2.75, 3.05) is 0 Å². The zero-order valence-electron chi connectivity index (χ0n) is 9.87. The minimum absolute atomic E-state index is 0. The number of aromatic nitrogens is 2. The lowest BCUT2D eigenvalue weighted by Gasteiger charge is -2.09. The molecule has 2 aromatic rings. The van der Waals surface area contributed by atoms with Crippen LogP contribution in [0.5, 0.6) is 0 Å². The molecule has 3 heteroatoms. The van der Waals surface area contributed by atoms with E-state index in [4.69, 9.17) is 0 Å². The normalized spacial score (nSPS) is 9.94. The molecule has 0 unspecified atom stereocenters. The van der Waals surface area contributed by atoms with E-state index in [-0.39, 0.29) is 12.4 Å². The summed E-state index contributed by atoms with van der Waals surface area (Å²) in [6, 6.07) is 4.45. The number of benzene rings is 1. The first-order chi connectivity index (χ1) is 7.16. The number of aryl methyl sites for hydroxylation is 3. The van der Waals surface area contributed by atoms with Crippen LogP contribution in [0.2, 0.25) is 0 Å². The molecule has 0 aliphatic heterocycles.